The van der Waals surface area contributed by atoms with Gasteiger partial charge in [-0.25, -0.2) is 4.98 Å². The average molecular weight is 316 g/mol. The van der Waals surface area contributed by atoms with Crippen molar-refractivity contribution in [2.24, 2.45) is 0 Å². The number of benzene rings is 1. The van der Waals surface area contributed by atoms with Gasteiger partial charge in [0.15, 0.2) is 5.13 Å². The maximum Gasteiger partial charge on any atom is 0.261 e. The predicted octanol–water partition coefficient (Wildman–Crippen LogP) is 4.13. The van der Waals surface area contributed by atoms with Crippen LogP contribution in [0.3, 0.4) is 0 Å². The minimum Gasteiger partial charge on any atom is -0.496 e. The van der Waals surface area contributed by atoms with Gasteiger partial charge in [-0.3, -0.25) is 10.1 Å². The number of amides is 1. The van der Waals surface area contributed by atoms with Gasteiger partial charge in [0, 0.05) is 5.38 Å². The number of aromatic nitrogens is 1. The number of methoxy groups -OCH3 is 1. The van der Waals surface area contributed by atoms with Crippen molar-refractivity contribution in [1.82, 2.24) is 4.98 Å². The Bertz CT molecular complexity index is 751. The zero-order chi connectivity index (χ0) is 14.7. The summed E-state index contributed by atoms with van der Waals surface area (Å²) in [4.78, 5) is 17.8. The van der Waals surface area contributed by atoms with Gasteiger partial charge in [-0.05, 0) is 23.6 Å². The van der Waals surface area contributed by atoms with E-state index in [1.807, 2.05) is 29.0 Å². The maximum absolute atomic E-state index is 12.3. The van der Waals surface area contributed by atoms with Gasteiger partial charge in [-0.15, -0.1) is 22.7 Å². The summed E-state index contributed by atoms with van der Waals surface area (Å²) in [5.74, 6) is 0.324. The highest BCUT2D eigenvalue weighted by Gasteiger charge is 2.14. The lowest BCUT2D eigenvalue weighted by atomic mass is 10.2. The summed E-state index contributed by atoms with van der Waals surface area (Å²) in [6.45, 7) is 0. The quantitative estimate of drug-likeness (QED) is 0.787. The number of hydrogen-bond donors (Lipinski definition) is 1. The van der Waals surface area contributed by atoms with Crippen LogP contribution in [0.2, 0.25) is 0 Å². The Morgan fingerprint density at radius 1 is 1.19 bits per heavy atom. The van der Waals surface area contributed by atoms with Gasteiger partial charge >= 0.3 is 0 Å². The number of anilines is 1. The normalized spacial score (nSPS) is 10.3. The topological polar surface area (TPSA) is 51.2 Å². The Morgan fingerprint density at radius 3 is 2.81 bits per heavy atom. The average Bonchev–Trinajstić information content (AvgIpc) is 3.17. The molecule has 3 aromatic rings. The van der Waals surface area contributed by atoms with Gasteiger partial charge in [-0.2, -0.15) is 0 Å². The monoisotopic (exact) mass is 316 g/mol. The molecule has 4 nitrogen and oxygen atoms in total. The fourth-order valence-corrected chi connectivity index (χ4v) is 3.33. The summed E-state index contributed by atoms with van der Waals surface area (Å²) in [6.07, 6.45) is 0. The number of ether oxygens (including phenoxy) is 1. The summed E-state index contributed by atoms with van der Waals surface area (Å²) in [6, 6.07) is 11.1. The summed E-state index contributed by atoms with van der Waals surface area (Å²) in [5.41, 5.74) is 1.37. The second-order valence-electron chi connectivity index (χ2n) is 4.17. The summed E-state index contributed by atoms with van der Waals surface area (Å²) >= 11 is 3.03. The number of thiazole rings is 1. The van der Waals surface area contributed by atoms with Crippen LogP contribution in [0, 0.1) is 0 Å². The molecular weight excluding hydrogens is 304 g/mol. The SMILES string of the molecule is COc1ccccc1C(=O)Nc1nc(-c2cccs2)cs1. The van der Waals surface area contributed by atoms with Gasteiger partial charge in [0.2, 0.25) is 0 Å². The number of nitrogens with zero attached hydrogens (tertiary/aromatic N) is 1. The molecule has 0 atom stereocenters. The first-order valence-electron chi connectivity index (χ1n) is 6.21. The maximum atomic E-state index is 12.3. The molecule has 0 radical (unpaired) electrons. The highest BCUT2D eigenvalue weighted by Crippen LogP contribution is 2.29. The van der Waals surface area contributed by atoms with Gasteiger partial charge in [-0.1, -0.05) is 18.2 Å². The largest absolute Gasteiger partial charge is 0.496 e. The van der Waals surface area contributed by atoms with Gasteiger partial charge in [0.1, 0.15) is 5.75 Å². The second-order valence-corrected chi connectivity index (χ2v) is 5.98. The molecule has 0 unspecified atom stereocenters. The molecule has 0 fully saturated rings. The van der Waals surface area contributed by atoms with Crippen LogP contribution in [-0.4, -0.2) is 18.0 Å². The van der Waals surface area contributed by atoms with Crippen LogP contribution >= 0.6 is 22.7 Å². The van der Waals surface area contributed by atoms with Crippen molar-refractivity contribution < 1.29 is 9.53 Å². The van der Waals surface area contributed by atoms with Gasteiger partial charge in [0.25, 0.3) is 5.91 Å². The minimum absolute atomic E-state index is 0.223. The van der Waals surface area contributed by atoms with Gasteiger partial charge in [0.05, 0.1) is 23.2 Å². The molecule has 1 aromatic carbocycles. The number of carbonyl (C=O) groups is 1. The molecule has 3 rings (SSSR count). The first-order valence-corrected chi connectivity index (χ1v) is 7.97. The molecule has 0 aliphatic rings. The zero-order valence-corrected chi connectivity index (χ0v) is 12.8. The third-order valence-electron chi connectivity index (χ3n) is 2.85. The molecule has 2 aromatic heterocycles. The van der Waals surface area contributed by atoms with Gasteiger partial charge < -0.3 is 4.74 Å². The Hall–Kier alpha value is -2.18. The molecule has 1 amide bonds. The van der Waals surface area contributed by atoms with Crippen molar-refractivity contribution in [3.63, 3.8) is 0 Å². The van der Waals surface area contributed by atoms with Crippen LogP contribution in [0.25, 0.3) is 10.6 Å². The number of rotatable bonds is 4. The summed E-state index contributed by atoms with van der Waals surface area (Å²) < 4.78 is 5.19. The van der Waals surface area contributed by atoms with Crippen molar-refractivity contribution >= 4 is 33.7 Å². The second kappa shape index (κ2) is 6.07. The Labute approximate surface area is 130 Å². The van der Waals surface area contributed by atoms with Crippen molar-refractivity contribution in [2.75, 3.05) is 12.4 Å². The standard InChI is InChI=1S/C15H12N2O2S2/c1-19-12-6-3-2-5-10(12)14(18)17-15-16-11(9-21-15)13-7-4-8-20-13/h2-9H,1H3,(H,16,17,18). The molecule has 6 heteroatoms. The van der Waals surface area contributed by atoms with E-state index in [4.69, 9.17) is 4.74 Å². The number of para-hydroxylation sites is 1. The smallest absolute Gasteiger partial charge is 0.261 e. The predicted molar refractivity (Wildman–Crippen MR) is 86.4 cm³/mol. The van der Waals surface area contributed by atoms with E-state index in [9.17, 15) is 4.79 Å². The van der Waals surface area contributed by atoms with Crippen molar-refractivity contribution in [3.8, 4) is 16.3 Å². The van der Waals surface area contributed by atoms with Crippen LogP contribution in [0.1, 0.15) is 10.4 Å². The number of thiophene rings is 1. The van der Waals surface area contributed by atoms with Crippen LogP contribution in [0.4, 0.5) is 5.13 Å². The van der Waals surface area contributed by atoms with E-state index in [2.05, 4.69) is 10.3 Å². The Balaban J connectivity index is 1.79. The number of hydrogen-bond acceptors (Lipinski definition) is 5. The van der Waals surface area contributed by atoms with Crippen LogP contribution in [0.15, 0.2) is 47.2 Å². The zero-order valence-electron chi connectivity index (χ0n) is 11.2. The Kier molecular flexibility index (Phi) is 3.98. The molecule has 0 saturated carbocycles. The van der Waals surface area contributed by atoms with Crippen LogP contribution in [0.5, 0.6) is 5.75 Å². The highest BCUT2D eigenvalue weighted by atomic mass is 32.1. The lowest BCUT2D eigenvalue weighted by Gasteiger charge is -2.06. The van der Waals surface area contributed by atoms with E-state index in [1.165, 1.54) is 11.3 Å². The fourth-order valence-electron chi connectivity index (χ4n) is 1.87. The van der Waals surface area contributed by atoms with Crippen molar-refractivity contribution in [3.05, 3.63) is 52.7 Å². The molecule has 0 spiro atoms. The number of carbonyl (C=O) groups excluding carboxylic acids is 1. The fraction of sp³-hybridized carbons (Fsp3) is 0.0667. The molecule has 1 N–H and O–H groups in total. The molecule has 106 valence electrons. The molecular formula is C15H12N2O2S2. The van der Waals surface area contributed by atoms with E-state index >= 15 is 0 Å². The summed E-state index contributed by atoms with van der Waals surface area (Å²) in [7, 11) is 1.55. The lowest BCUT2D eigenvalue weighted by molar-refractivity contribution is 0.102. The van der Waals surface area contributed by atoms with Crippen molar-refractivity contribution in [2.45, 2.75) is 0 Å². The van der Waals surface area contributed by atoms with E-state index < -0.39 is 0 Å². The molecule has 0 saturated heterocycles. The van der Waals surface area contributed by atoms with Crippen molar-refractivity contribution in [1.29, 1.82) is 0 Å². The van der Waals surface area contributed by atoms with Crippen LogP contribution in [-0.2, 0) is 0 Å². The number of nitrogens with one attached hydrogen (secondary N) is 1. The molecule has 0 aliphatic carbocycles. The third kappa shape index (κ3) is 2.96. The molecule has 2 heterocycles. The van der Waals surface area contributed by atoms with E-state index in [0.29, 0.717) is 16.4 Å². The molecule has 0 bridgehead atoms. The summed E-state index contributed by atoms with van der Waals surface area (Å²) in [5, 5.41) is 7.32. The minimum atomic E-state index is -0.223. The lowest BCUT2D eigenvalue weighted by Crippen LogP contribution is -2.12. The first kappa shape index (κ1) is 13.8. The molecule has 0 aliphatic heterocycles. The third-order valence-corrected chi connectivity index (χ3v) is 4.50. The van der Waals surface area contributed by atoms with E-state index in [-0.39, 0.29) is 5.91 Å². The van der Waals surface area contributed by atoms with E-state index in [1.54, 1.807) is 36.6 Å². The van der Waals surface area contributed by atoms with Crippen LogP contribution < -0.4 is 10.1 Å². The van der Waals surface area contributed by atoms with E-state index in [0.717, 1.165) is 10.6 Å². The first-order chi connectivity index (χ1) is 10.3. The highest BCUT2D eigenvalue weighted by molar-refractivity contribution is 7.16. The molecule has 21 heavy (non-hydrogen) atoms. The Morgan fingerprint density at radius 2 is 2.05 bits per heavy atom.